The smallest absolute Gasteiger partial charge is 0.101 e. The van der Waals surface area contributed by atoms with Gasteiger partial charge in [0.1, 0.15) is 6.07 Å². The molecule has 0 aliphatic carbocycles. The highest BCUT2D eigenvalue weighted by Crippen LogP contribution is 2.20. The summed E-state index contributed by atoms with van der Waals surface area (Å²) < 4.78 is 6.45. The molecule has 0 fully saturated rings. The number of nitriles is 1. The van der Waals surface area contributed by atoms with E-state index in [9.17, 15) is 0 Å². The zero-order valence-electron chi connectivity index (χ0n) is 10.7. The van der Waals surface area contributed by atoms with Crippen LogP contribution in [0.25, 0.3) is 0 Å². The number of halogens is 1. The second-order valence-corrected chi connectivity index (χ2v) is 4.96. The molecule has 0 amide bonds. The molecule has 0 spiro atoms. The molecule has 0 aliphatic heterocycles. The van der Waals surface area contributed by atoms with E-state index in [1.165, 1.54) is 6.42 Å². The van der Waals surface area contributed by atoms with Crippen molar-refractivity contribution < 1.29 is 4.74 Å². The van der Waals surface area contributed by atoms with Gasteiger partial charge in [0.25, 0.3) is 0 Å². The Bertz CT molecular complexity index is 401. The Kier molecular flexibility index (Phi) is 7.47. The molecule has 18 heavy (non-hydrogen) atoms. The maximum Gasteiger partial charge on any atom is 0.101 e. The summed E-state index contributed by atoms with van der Waals surface area (Å²) in [7, 11) is 0. The minimum atomic E-state index is 0.671. The lowest BCUT2D eigenvalue weighted by molar-refractivity contribution is 0.131. The number of unbranched alkanes of at least 4 members (excludes halogenated alkanes) is 1. The van der Waals surface area contributed by atoms with Gasteiger partial charge in [-0.2, -0.15) is 5.26 Å². The highest BCUT2D eigenvalue weighted by Gasteiger charge is 2.01. The first-order chi connectivity index (χ1) is 8.77. The molecule has 0 aromatic heterocycles. The van der Waals surface area contributed by atoms with Crippen LogP contribution in [0.4, 0.5) is 5.69 Å². The number of anilines is 1. The fourth-order valence-corrected chi connectivity index (χ4v) is 1.87. The third-order valence-corrected chi connectivity index (χ3v) is 3.02. The quantitative estimate of drug-likeness (QED) is 0.740. The maximum absolute atomic E-state index is 8.98. The summed E-state index contributed by atoms with van der Waals surface area (Å²) in [5.74, 6) is 0. The van der Waals surface area contributed by atoms with E-state index in [1.807, 2.05) is 18.2 Å². The van der Waals surface area contributed by atoms with Gasteiger partial charge in [0.15, 0.2) is 0 Å². The minimum absolute atomic E-state index is 0.671. The highest BCUT2D eigenvalue weighted by atomic mass is 79.9. The van der Waals surface area contributed by atoms with E-state index < -0.39 is 0 Å². The van der Waals surface area contributed by atoms with E-state index in [0.717, 1.165) is 42.8 Å². The molecule has 1 aromatic carbocycles. The zero-order chi connectivity index (χ0) is 13.2. The Hall–Kier alpha value is -1.05. The third-order valence-electron chi connectivity index (χ3n) is 2.53. The molecule has 0 saturated heterocycles. The number of hydrogen-bond donors (Lipinski definition) is 1. The van der Waals surface area contributed by atoms with E-state index in [2.05, 4.69) is 34.2 Å². The van der Waals surface area contributed by atoms with Crippen LogP contribution in [0, 0.1) is 11.3 Å². The van der Waals surface area contributed by atoms with Gasteiger partial charge in [-0.25, -0.2) is 0 Å². The molecule has 0 bridgehead atoms. The van der Waals surface area contributed by atoms with Crippen molar-refractivity contribution in [2.45, 2.75) is 26.2 Å². The molecule has 1 rings (SSSR count). The van der Waals surface area contributed by atoms with Gasteiger partial charge in [0.2, 0.25) is 0 Å². The topological polar surface area (TPSA) is 45.0 Å². The van der Waals surface area contributed by atoms with Crippen molar-refractivity contribution in [3.63, 3.8) is 0 Å². The third kappa shape index (κ3) is 5.52. The van der Waals surface area contributed by atoms with Crippen molar-refractivity contribution in [1.82, 2.24) is 0 Å². The highest BCUT2D eigenvalue weighted by molar-refractivity contribution is 9.10. The van der Waals surface area contributed by atoms with Gasteiger partial charge in [-0.1, -0.05) is 29.3 Å². The maximum atomic E-state index is 8.98. The van der Waals surface area contributed by atoms with Gasteiger partial charge < -0.3 is 10.1 Å². The van der Waals surface area contributed by atoms with E-state index >= 15 is 0 Å². The Morgan fingerprint density at radius 3 is 2.83 bits per heavy atom. The van der Waals surface area contributed by atoms with Crippen LogP contribution in [-0.2, 0) is 4.74 Å². The molecule has 0 saturated carbocycles. The van der Waals surface area contributed by atoms with Crippen molar-refractivity contribution in [2.24, 2.45) is 0 Å². The second-order valence-electron chi connectivity index (χ2n) is 4.05. The van der Waals surface area contributed by atoms with Crippen LogP contribution in [-0.4, -0.2) is 19.8 Å². The van der Waals surface area contributed by atoms with Crippen molar-refractivity contribution in [3.05, 3.63) is 28.2 Å². The monoisotopic (exact) mass is 310 g/mol. The molecule has 98 valence electrons. The van der Waals surface area contributed by atoms with Gasteiger partial charge in [-0.3, -0.25) is 0 Å². The summed E-state index contributed by atoms with van der Waals surface area (Å²) in [6.07, 6.45) is 3.24. The average Bonchev–Trinajstić information content (AvgIpc) is 2.38. The summed E-state index contributed by atoms with van der Waals surface area (Å²) >= 11 is 3.40. The summed E-state index contributed by atoms with van der Waals surface area (Å²) in [6, 6.07) is 7.79. The van der Waals surface area contributed by atoms with Crippen LogP contribution < -0.4 is 5.32 Å². The molecule has 0 radical (unpaired) electrons. The van der Waals surface area contributed by atoms with Crippen LogP contribution in [0.2, 0.25) is 0 Å². The van der Waals surface area contributed by atoms with Crippen LogP contribution in [0.1, 0.15) is 31.7 Å². The molecule has 0 aliphatic rings. The Balaban J connectivity index is 2.27. The number of rotatable bonds is 8. The predicted octanol–water partition coefficient (Wildman–Crippen LogP) is 3.94. The number of benzene rings is 1. The number of nitrogens with zero attached hydrogens (tertiary/aromatic N) is 1. The molecule has 0 heterocycles. The molecule has 1 N–H and O–H groups in total. The first-order valence-electron chi connectivity index (χ1n) is 6.29. The fourth-order valence-electron chi connectivity index (χ4n) is 1.51. The summed E-state index contributed by atoms with van der Waals surface area (Å²) in [5.41, 5.74) is 1.55. The summed E-state index contributed by atoms with van der Waals surface area (Å²) in [6.45, 7) is 4.58. The molecule has 0 atom stereocenters. The van der Waals surface area contributed by atoms with Gasteiger partial charge >= 0.3 is 0 Å². The van der Waals surface area contributed by atoms with Gasteiger partial charge in [0, 0.05) is 24.2 Å². The lowest BCUT2D eigenvalue weighted by Crippen LogP contribution is -2.07. The second kappa shape index (κ2) is 8.96. The van der Waals surface area contributed by atoms with E-state index in [0.29, 0.717) is 5.56 Å². The standard InChI is InChI=1S/C14H19BrN2O/c1-2-3-8-18-9-4-7-17-14-10-13(15)6-5-12(14)11-16/h5-6,10,17H,2-4,7-9H2,1H3. The Labute approximate surface area is 117 Å². The average molecular weight is 311 g/mol. The van der Waals surface area contributed by atoms with E-state index in [4.69, 9.17) is 10.00 Å². The van der Waals surface area contributed by atoms with Gasteiger partial charge in [-0.15, -0.1) is 0 Å². The number of hydrogen-bond acceptors (Lipinski definition) is 3. The normalized spacial score (nSPS) is 10.1. The molecular formula is C14H19BrN2O. The first kappa shape index (κ1) is 15.0. The lowest BCUT2D eigenvalue weighted by atomic mass is 10.2. The van der Waals surface area contributed by atoms with Crippen LogP contribution in [0.3, 0.4) is 0 Å². The molecule has 0 unspecified atom stereocenters. The van der Waals surface area contributed by atoms with Crippen molar-refractivity contribution in [3.8, 4) is 6.07 Å². The predicted molar refractivity (Wildman–Crippen MR) is 77.7 cm³/mol. The van der Waals surface area contributed by atoms with Gasteiger partial charge in [-0.05, 0) is 31.0 Å². The van der Waals surface area contributed by atoms with E-state index in [-0.39, 0.29) is 0 Å². The molecule has 3 nitrogen and oxygen atoms in total. The summed E-state index contributed by atoms with van der Waals surface area (Å²) in [4.78, 5) is 0. The largest absolute Gasteiger partial charge is 0.384 e. The minimum Gasteiger partial charge on any atom is -0.384 e. The zero-order valence-corrected chi connectivity index (χ0v) is 12.3. The van der Waals surface area contributed by atoms with Gasteiger partial charge in [0.05, 0.1) is 11.3 Å². The SMILES string of the molecule is CCCCOCCCNc1cc(Br)ccc1C#N. The van der Waals surface area contributed by atoms with Crippen molar-refractivity contribution in [2.75, 3.05) is 25.1 Å². The van der Waals surface area contributed by atoms with Crippen LogP contribution in [0.5, 0.6) is 0 Å². The lowest BCUT2D eigenvalue weighted by Gasteiger charge is -2.09. The number of ether oxygens (including phenoxy) is 1. The van der Waals surface area contributed by atoms with Crippen LogP contribution in [0.15, 0.2) is 22.7 Å². The Morgan fingerprint density at radius 2 is 2.11 bits per heavy atom. The molecule has 1 aromatic rings. The van der Waals surface area contributed by atoms with E-state index in [1.54, 1.807) is 0 Å². The fraction of sp³-hybridized carbons (Fsp3) is 0.500. The van der Waals surface area contributed by atoms with Crippen molar-refractivity contribution in [1.29, 1.82) is 5.26 Å². The molecular weight excluding hydrogens is 292 g/mol. The van der Waals surface area contributed by atoms with Crippen molar-refractivity contribution >= 4 is 21.6 Å². The van der Waals surface area contributed by atoms with Crippen LogP contribution >= 0.6 is 15.9 Å². The Morgan fingerprint density at radius 1 is 1.33 bits per heavy atom. The summed E-state index contributed by atoms with van der Waals surface area (Å²) in [5, 5.41) is 12.2. The number of nitrogens with one attached hydrogen (secondary N) is 1. The first-order valence-corrected chi connectivity index (χ1v) is 7.08. The molecule has 4 heteroatoms.